The first kappa shape index (κ1) is 14.1. The fraction of sp³-hybridized carbons (Fsp3) is 0.421. The van der Waals surface area contributed by atoms with Gasteiger partial charge in [0.15, 0.2) is 0 Å². The predicted molar refractivity (Wildman–Crippen MR) is 84.6 cm³/mol. The van der Waals surface area contributed by atoms with Crippen LogP contribution in [0.25, 0.3) is 10.8 Å². The highest BCUT2D eigenvalue weighted by Crippen LogP contribution is 2.47. The van der Waals surface area contributed by atoms with Crippen LogP contribution in [0.5, 0.6) is 0 Å². The molecule has 1 fully saturated rings. The van der Waals surface area contributed by atoms with E-state index in [0.717, 1.165) is 42.0 Å². The zero-order valence-electron chi connectivity index (χ0n) is 12.4. The Labute approximate surface area is 126 Å². The summed E-state index contributed by atoms with van der Waals surface area (Å²) >= 11 is 0. The van der Waals surface area contributed by atoms with Gasteiger partial charge < -0.3 is 5.11 Å². The van der Waals surface area contributed by atoms with E-state index in [9.17, 15) is 10.4 Å². The Morgan fingerprint density at radius 3 is 2.71 bits per heavy atom. The zero-order valence-corrected chi connectivity index (χ0v) is 12.4. The Bertz CT molecular complexity index is 687. The maximum absolute atomic E-state index is 10.9. The van der Waals surface area contributed by atoms with Crippen LogP contribution in [-0.4, -0.2) is 5.11 Å². The molecule has 0 saturated heterocycles. The molecule has 108 valence electrons. The molecular weight excluding hydrogens is 258 g/mol. The minimum absolute atomic E-state index is 0.508. The van der Waals surface area contributed by atoms with E-state index in [1.54, 1.807) is 0 Å². The molecule has 0 heterocycles. The molecule has 21 heavy (non-hydrogen) atoms. The second-order valence-electron chi connectivity index (χ2n) is 6.48. The zero-order chi connectivity index (χ0) is 14.9. The average molecular weight is 279 g/mol. The maximum Gasteiger partial charge on any atom is 0.0976 e. The van der Waals surface area contributed by atoms with Gasteiger partial charge in [-0.05, 0) is 41.2 Å². The molecule has 2 heteroatoms. The highest BCUT2D eigenvalue weighted by atomic mass is 16.3. The number of aliphatic hydroxyl groups excluding tert-OH is 1. The highest BCUT2D eigenvalue weighted by Gasteiger charge is 2.42. The van der Waals surface area contributed by atoms with Gasteiger partial charge in [-0.3, -0.25) is 0 Å². The number of rotatable bonds is 2. The molecule has 0 aliphatic heterocycles. The van der Waals surface area contributed by atoms with Crippen LogP contribution >= 0.6 is 0 Å². The summed E-state index contributed by atoms with van der Waals surface area (Å²) in [5.41, 5.74) is 0.240. The van der Waals surface area contributed by atoms with E-state index in [4.69, 9.17) is 0 Å². The van der Waals surface area contributed by atoms with E-state index in [1.807, 2.05) is 36.4 Å². The number of nitriles is 1. The Balaban J connectivity index is 1.98. The number of nitrogens with zero attached hydrogens (tertiary/aromatic N) is 1. The molecule has 0 amide bonds. The summed E-state index contributed by atoms with van der Waals surface area (Å²) in [6.45, 7) is 2.18. The molecule has 3 rings (SSSR count). The van der Waals surface area contributed by atoms with Crippen LogP contribution in [0.15, 0.2) is 42.5 Å². The van der Waals surface area contributed by atoms with E-state index in [2.05, 4.69) is 19.1 Å². The van der Waals surface area contributed by atoms with Crippen molar-refractivity contribution in [3.63, 3.8) is 0 Å². The molecule has 1 aliphatic carbocycles. The van der Waals surface area contributed by atoms with Crippen molar-refractivity contribution in [2.75, 3.05) is 0 Å². The van der Waals surface area contributed by atoms with Crippen molar-refractivity contribution in [3.05, 3.63) is 48.0 Å². The lowest BCUT2D eigenvalue weighted by Gasteiger charge is -2.38. The molecule has 0 aromatic heterocycles. The van der Waals surface area contributed by atoms with Crippen molar-refractivity contribution in [2.45, 2.75) is 38.7 Å². The van der Waals surface area contributed by atoms with Gasteiger partial charge in [0.2, 0.25) is 0 Å². The number of benzene rings is 2. The summed E-state index contributed by atoms with van der Waals surface area (Å²) in [7, 11) is 0. The third-order valence-electron chi connectivity index (χ3n) is 4.87. The fourth-order valence-corrected chi connectivity index (χ4v) is 3.70. The molecule has 1 N–H and O–H groups in total. The summed E-state index contributed by atoms with van der Waals surface area (Å²) < 4.78 is 0. The number of fused-ring (bicyclic) bond motifs is 1. The quantitative estimate of drug-likeness (QED) is 0.873. The predicted octanol–water partition coefficient (Wildman–Crippen LogP) is 4.59. The number of hydrogen-bond acceptors (Lipinski definition) is 2. The summed E-state index contributed by atoms with van der Waals surface area (Å²) in [5.74, 6) is 0.508. The smallest absolute Gasteiger partial charge is 0.0976 e. The van der Waals surface area contributed by atoms with Gasteiger partial charge in [0.1, 0.15) is 0 Å². The highest BCUT2D eigenvalue weighted by molar-refractivity contribution is 5.83. The van der Waals surface area contributed by atoms with E-state index >= 15 is 0 Å². The van der Waals surface area contributed by atoms with E-state index in [0.29, 0.717) is 5.92 Å². The van der Waals surface area contributed by atoms with Gasteiger partial charge in [0, 0.05) is 0 Å². The van der Waals surface area contributed by atoms with Crippen LogP contribution in [0.2, 0.25) is 0 Å². The molecule has 1 aliphatic rings. The van der Waals surface area contributed by atoms with E-state index in [-0.39, 0.29) is 0 Å². The van der Waals surface area contributed by atoms with Gasteiger partial charge in [-0.2, -0.15) is 5.26 Å². The molecule has 0 radical (unpaired) electrons. The number of aliphatic hydroxyl groups is 1. The molecule has 0 bridgehead atoms. The molecule has 3 atom stereocenters. The molecule has 2 aromatic rings. The van der Waals surface area contributed by atoms with Crippen LogP contribution in [0.1, 0.15) is 44.3 Å². The molecule has 2 aromatic carbocycles. The van der Waals surface area contributed by atoms with Crippen LogP contribution in [-0.2, 0) is 0 Å². The third kappa shape index (κ3) is 2.54. The lowest BCUT2D eigenvalue weighted by molar-refractivity contribution is 0.0220. The summed E-state index contributed by atoms with van der Waals surface area (Å²) in [6, 6.07) is 16.6. The third-order valence-corrected chi connectivity index (χ3v) is 4.87. The van der Waals surface area contributed by atoms with Crippen LogP contribution in [0.4, 0.5) is 0 Å². The Hall–Kier alpha value is -1.85. The lowest BCUT2D eigenvalue weighted by Crippen LogP contribution is -2.32. The summed E-state index contributed by atoms with van der Waals surface area (Å²) in [6.07, 6.45) is 3.07. The topological polar surface area (TPSA) is 44.0 Å². The second-order valence-corrected chi connectivity index (χ2v) is 6.48. The Kier molecular flexibility index (Phi) is 3.69. The second kappa shape index (κ2) is 5.50. The first-order valence-electron chi connectivity index (χ1n) is 7.73. The van der Waals surface area contributed by atoms with Crippen molar-refractivity contribution in [2.24, 2.45) is 11.3 Å². The summed E-state index contributed by atoms with van der Waals surface area (Å²) in [4.78, 5) is 0. The molecule has 2 nitrogen and oxygen atoms in total. The number of hydrogen-bond donors (Lipinski definition) is 1. The van der Waals surface area contributed by atoms with Crippen molar-refractivity contribution in [3.8, 4) is 6.07 Å². The van der Waals surface area contributed by atoms with E-state index < -0.39 is 11.5 Å². The Morgan fingerprint density at radius 2 is 2.00 bits per heavy atom. The van der Waals surface area contributed by atoms with Crippen molar-refractivity contribution >= 4 is 10.8 Å². The largest absolute Gasteiger partial charge is 0.387 e. The lowest BCUT2D eigenvalue weighted by atomic mass is 9.66. The van der Waals surface area contributed by atoms with Crippen LogP contribution in [0, 0.1) is 22.7 Å². The van der Waals surface area contributed by atoms with Gasteiger partial charge in [-0.25, -0.2) is 0 Å². The maximum atomic E-state index is 10.9. The normalized spacial score (nSPS) is 27.2. The Morgan fingerprint density at radius 1 is 1.24 bits per heavy atom. The first-order valence-corrected chi connectivity index (χ1v) is 7.73. The fourth-order valence-electron chi connectivity index (χ4n) is 3.70. The van der Waals surface area contributed by atoms with Gasteiger partial charge in [-0.15, -0.1) is 0 Å². The van der Waals surface area contributed by atoms with E-state index in [1.165, 1.54) is 0 Å². The van der Waals surface area contributed by atoms with Crippen LogP contribution < -0.4 is 0 Å². The monoisotopic (exact) mass is 279 g/mol. The van der Waals surface area contributed by atoms with Gasteiger partial charge >= 0.3 is 0 Å². The van der Waals surface area contributed by atoms with Crippen molar-refractivity contribution in [1.29, 1.82) is 5.26 Å². The van der Waals surface area contributed by atoms with Crippen molar-refractivity contribution in [1.82, 2.24) is 0 Å². The summed E-state index contributed by atoms with van der Waals surface area (Å²) in [5, 5.41) is 22.8. The minimum atomic E-state index is -0.699. The molecule has 0 spiro atoms. The molecular formula is C19H21NO. The van der Waals surface area contributed by atoms with Gasteiger partial charge in [0.25, 0.3) is 0 Å². The standard InChI is InChI=1S/C19H21NO/c1-14-5-4-10-19(12-14,13-20)18(21)17-9-8-15-6-2-3-7-16(15)11-17/h2-3,6-9,11,14,18,21H,4-5,10,12H2,1H3. The van der Waals surface area contributed by atoms with Gasteiger partial charge in [0.05, 0.1) is 17.6 Å². The molecule has 3 unspecified atom stereocenters. The van der Waals surface area contributed by atoms with Crippen molar-refractivity contribution < 1.29 is 5.11 Å². The SMILES string of the molecule is CC1CCCC(C#N)(C(O)c2ccc3ccccc3c2)C1. The average Bonchev–Trinajstić information content (AvgIpc) is 2.53. The molecule has 1 saturated carbocycles. The first-order chi connectivity index (χ1) is 10.1. The minimum Gasteiger partial charge on any atom is -0.387 e. The van der Waals surface area contributed by atoms with Gasteiger partial charge in [-0.1, -0.05) is 56.2 Å². The van der Waals surface area contributed by atoms with Crippen LogP contribution in [0.3, 0.4) is 0 Å².